The van der Waals surface area contributed by atoms with Crippen LogP contribution in [-0.4, -0.2) is 48.4 Å². The molecule has 128 valence electrons. The Morgan fingerprint density at radius 1 is 1.42 bits per heavy atom. The lowest BCUT2D eigenvalue weighted by atomic mass is 9.99. The molecular weight excluding hydrogens is 318 g/mol. The Labute approximate surface area is 138 Å². The summed E-state index contributed by atoms with van der Waals surface area (Å²) >= 11 is 0. The van der Waals surface area contributed by atoms with Gasteiger partial charge in [0.25, 0.3) is 11.8 Å². The number of ether oxygens (including phenoxy) is 1. The average Bonchev–Trinajstić information content (AvgIpc) is 2.88. The summed E-state index contributed by atoms with van der Waals surface area (Å²) in [6.07, 6.45) is 2.44. The molecule has 1 N–H and O–H groups in total. The van der Waals surface area contributed by atoms with Crippen molar-refractivity contribution in [3.8, 4) is 5.75 Å². The molecule has 24 heavy (non-hydrogen) atoms. The van der Waals surface area contributed by atoms with Crippen LogP contribution in [0.4, 0.5) is 8.78 Å². The number of nitrogens with one attached hydrogen (secondary N) is 1. The van der Waals surface area contributed by atoms with Crippen molar-refractivity contribution in [2.45, 2.75) is 24.8 Å². The summed E-state index contributed by atoms with van der Waals surface area (Å²) in [4.78, 5) is 25.0. The lowest BCUT2D eigenvalue weighted by Crippen LogP contribution is -2.47. The van der Waals surface area contributed by atoms with Gasteiger partial charge in [0.1, 0.15) is 11.8 Å². The van der Waals surface area contributed by atoms with E-state index < -0.39 is 30.3 Å². The molecule has 1 atom stereocenters. The first-order chi connectivity index (χ1) is 11.4. The van der Waals surface area contributed by atoms with Crippen molar-refractivity contribution in [3.63, 3.8) is 0 Å². The van der Waals surface area contributed by atoms with Crippen molar-refractivity contribution in [1.82, 2.24) is 10.2 Å². The van der Waals surface area contributed by atoms with Gasteiger partial charge in [0, 0.05) is 17.7 Å². The van der Waals surface area contributed by atoms with Crippen molar-refractivity contribution < 1.29 is 23.1 Å². The Morgan fingerprint density at radius 3 is 2.96 bits per heavy atom. The van der Waals surface area contributed by atoms with Crippen LogP contribution in [0.1, 0.15) is 22.3 Å². The molecule has 1 aromatic rings. The highest BCUT2D eigenvalue weighted by atomic mass is 19.3. The van der Waals surface area contributed by atoms with E-state index in [4.69, 9.17) is 4.74 Å². The third kappa shape index (κ3) is 2.98. The SMILES string of the molecule is C=CC(=O)N1CC(NC(=O)c2cccc3c2CCCO3)C(F)(F)C1. The van der Waals surface area contributed by atoms with Crippen LogP contribution >= 0.6 is 0 Å². The number of halogens is 2. The Kier molecular flexibility index (Phi) is 4.26. The van der Waals surface area contributed by atoms with Crippen LogP contribution in [0, 0.1) is 0 Å². The van der Waals surface area contributed by atoms with E-state index in [2.05, 4.69) is 11.9 Å². The number of fused-ring (bicyclic) bond motifs is 1. The molecule has 2 aliphatic heterocycles. The molecule has 2 aliphatic rings. The van der Waals surface area contributed by atoms with E-state index in [9.17, 15) is 18.4 Å². The Morgan fingerprint density at radius 2 is 2.21 bits per heavy atom. The van der Waals surface area contributed by atoms with E-state index in [1.165, 1.54) is 0 Å². The van der Waals surface area contributed by atoms with Gasteiger partial charge in [0.05, 0.1) is 13.2 Å². The standard InChI is InChI=1S/C17H18F2N2O3/c1-2-15(22)21-9-14(17(18,19)10-21)20-16(23)12-5-3-7-13-11(12)6-4-8-24-13/h2-3,5,7,14H,1,4,6,8-10H2,(H,20,23). The van der Waals surface area contributed by atoms with Crippen LogP contribution in [0.5, 0.6) is 5.75 Å². The summed E-state index contributed by atoms with van der Waals surface area (Å²) in [6.45, 7) is 2.91. The smallest absolute Gasteiger partial charge is 0.286 e. The number of carbonyl (C=O) groups is 2. The number of hydrogen-bond acceptors (Lipinski definition) is 3. The molecule has 1 aromatic carbocycles. The van der Waals surface area contributed by atoms with Crippen molar-refractivity contribution in [1.29, 1.82) is 0 Å². The molecule has 1 fully saturated rings. The highest BCUT2D eigenvalue weighted by Crippen LogP contribution is 2.30. The Balaban J connectivity index is 1.78. The van der Waals surface area contributed by atoms with Gasteiger partial charge in [-0.25, -0.2) is 8.78 Å². The zero-order chi connectivity index (χ0) is 17.3. The third-order valence-corrected chi connectivity index (χ3v) is 4.31. The first kappa shape index (κ1) is 16.4. The fourth-order valence-corrected chi connectivity index (χ4v) is 3.07. The number of likely N-dealkylation sites (tertiary alicyclic amines) is 1. The number of amides is 2. The molecule has 5 nitrogen and oxygen atoms in total. The van der Waals surface area contributed by atoms with Gasteiger partial charge in [-0.15, -0.1) is 0 Å². The molecule has 1 unspecified atom stereocenters. The van der Waals surface area contributed by atoms with Crippen LogP contribution < -0.4 is 10.1 Å². The number of carbonyl (C=O) groups excluding carboxylic acids is 2. The molecular formula is C17H18F2N2O3. The Bertz CT molecular complexity index is 690. The van der Waals surface area contributed by atoms with Gasteiger partial charge in [-0.1, -0.05) is 12.6 Å². The molecule has 0 saturated carbocycles. The molecule has 1 saturated heterocycles. The zero-order valence-corrected chi connectivity index (χ0v) is 13.1. The number of benzene rings is 1. The van der Waals surface area contributed by atoms with Gasteiger partial charge in [-0.2, -0.15) is 0 Å². The molecule has 3 rings (SSSR count). The maximum absolute atomic E-state index is 14.1. The summed E-state index contributed by atoms with van der Waals surface area (Å²) in [6, 6.07) is 3.61. The number of hydrogen-bond donors (Lipinski definition) is 1. The van der Waals surface area contributed by atoms with Gasteiger partial charge in [0.15, 0.2) is 0 Å². The summed E-state index contributed by atoms with van der Waals surface area (Å²) < 4.78 is 33.7. The minimum atomic E-state index is -3.18. The molecule has 0 bridgehead atoms. The lowest BCUT2D eigenvalue weighted by Gasteiger charge is -2.22. The van der Waals surface area contributed by atoms with E-state index >= 15 is 0 Å². The third-order valence-electron chi connectivity index (χ3n) is 4.31. The lowest BCUT2D eigenvalue weighted by molar-refractivity contribution is -0.126. The first-order valence-corrected chi connectivity index (χ1v) is 7.77. The number of rotatable bonds is 3. The van der Waals surface area contributed by atoms with E-state index in [0.717, 1.165) is 23.0 Å². The summed E-state index contributed by atoms with van der Waals surface area (Å²) in [7, 11) is 0. The van der Waals surface area contributed by atoms with E-state index in [1.54, 1.807) is 18.2 Å². The largest absolute Gasteiger partial charge is 0.493 e. The quantitative estimate of drug-likeness (QED) is 0.856. The molecule has 0 spiro atoms. The Hall–Kier alpha value is -2.44. The van der Waals surface area contributed by atoms with Crippen molar-refractivity contribution in [2.75, 3.05) is 19.7 Å². The van der Waals surface area contributed by atoms with E-state index in [-0.39, 0.29) is 6.54 Å². The van der Waals surface area contributed by atoms with Crippen LogP contribution in [-0.2, 0) is 11.2 Å². The van der Waals surface area contributed by atoms with Crippen LogP contribution in [0.2, 0.25) is 0 Å². The van der Waals surface area contributed by atoms with Crippen molar-refractivity contribution >= 4 is 11.8 Å². The molecule has 0 aromatic heterocycles. The molecule has 0 radical (unpaired) electrons. The van der Waals surface area contributed by atoms with E-state index in [0.29, 0.717) is 24.3 Å². The molecule has 2 heterocycles. The highest BCUT2D eigenvalue weighted by Gasteiger charge is 2.50. The topological polar surface area (TPSA) is 58.6 Å². The first-order valence-electron chi connectivity index (χ1n) is 7.77. The number of nitrogens with zero attached hydrogens (tertiary/aromatic N) is 1. The summed E-state index contributed by atoms with van der Waals surface area (Å²) in [5.74, 6) is -3.71. The predicted molar refractivity (Wildman–Crippen MR) is 83.2 cm³/mol. The minimum absolute atomic E-state index is 0.241. The van der Waals surface area contributed by atoms with Crippen LogP contribution in [0.3, 0.4) is 0 Å². The molecule has 2 amide bonds. The highest BCUT2D eigenvalue weighted by molar-refractivity contribution is 5.97. The maximum Gasteiger partial charge on any atom is 0.286 e. The average molecular weight is 336 g/mol. The second-order valence-corrected chi connectivity index (χ2v) is 5.94. The van der Waals surface area contributed by atoms with Gasteiger partial charge in [0.2, 0.25) is 5.91 Å². The summed E-state index contributed by atoms with van der Waals surface area (Å²) in [5.41, 5.74) is 1.08. The molecule has 0 aliphatic carbocycles. The van der Waals surface area contributed by atoms with Gasteiger partial charge in [-0.05, 0) is 31.1 Å². The zero-order valence-electron chi connectivity index (χ0n) is 13.1. The van der Waals surface area contributed by atoms with Crippen molar-refractivity contribution in [2.24, 2.45) is 0 Å². The van der Waals surface area contributed by atoms with Gasteiger partial charge in [-0.3, -0.25) is 9.59 Å². The minimum Gasteiger partial charge on any atom is -0.493 e. The van der Waals surface area contributed by atoms with Crippen LogP contribution in [0.15, 0.2) is 30.9 Å². The van der Waals surface area contributed by atoms with Gasteiger partial charge < -0.3 is 15.0 Å². The van der Waals surface area contributed by atoms with E-state index in [1.807, 2.05) is 0 Å². The fraction of sp³-hybridized carbons (Fsp3) is 0.412. The second-order valence-electron chi connectivity index (χ2n) is 5.94. The normalized spacial score (nSPS) is 21.6. The van der Waals surface area contributed by atoms with Gasteiger partial charge >= 0.3 is 0 Å². The fourth-order valence-electron chi connectivity index (χ4n) is 3.07. The monoisotopic (exact) mass is 336 g/mol. The maximum atomic E-state index is 14.1. The van der Waals surface area contributed by atoms with Crippen LogP contribution in [0.25, 0.3) is 0 Å². The number of alkyl halides is 2. The summed E-state index contributed by atoms with van der Waals surface area (Å²) in [5, 5.41) is 2.37. The predicted octanol–water partition coefficient (Wildman–Crippen LogP) is 1.77. The second kappa shape index (κ2) is 6.22. The van der Waals surface area contributed by atoms with Crippen molar-refractivity contribution in [3.05, 3.63) is 42.0 Å². The molecule has 7 heteroatoms.